The minimum absolute atomic E-state index is 0.0126. The first-order chi connectivity index (χ1) is 9.56. The maximum Gasteiger partial charge on any atom is 0.260 e. The van der Waals surface area contributed by atoms with Gasteiger partial charge in [-0.05, 0) is 56.0 Å². The third kappa shape index (κ3) is 2.57. The van der Waals surface area contributed by atoms with E-state index in [0.29, 0.717) is 12.1 Å². The average Bonchev–Trinajstić information content (AvgIpc) is 2.76. The first-order valence-electron chi connectivity index (χ1n) is 6.16. The van der Waals surface area contributed by atoms with E-state index in [1.807, 2.05) is 30.3 Å². The zero-order chi connectivity index (χ0) is 14.3. The van der Waals surface area contributed by atoms with Crippen LogP contribution in [0.2, 0.25) is 0 Å². The fraction of sp³-hybridized carbons (Fsp3) is 0.214. The maximum absolute atomic E-state index is 12.8. The Bertz CT molecular complexity index is 671. The van der Waals surface area contributed by atoms with Crippen molar-refractivity contribution >= 4 is 54.8 Å². The van der Waals surface area contributed by atoms with Crippen LogP contribution >= 0.6 is 43.2 Å². The van der Waals surface area contributed by atoms with E-state index in [4.69, 9.17) is 5.73 Å². The lowest BCUT2D eigenvalue weighted by atomic mass is 9.98. The van der Waals surface area contributed by atoms with Gasteiger partial charge in [0.15, 0.2) is 0 Å². The molecule has 0 saturated carbocycles. The summed E-state index contributed by atoms with van der Waals surface area (Å²) in [4.78, 5) is 14.5. The third-order valence-corrected chi connectivity index (χ3v) is 5.65. The zero-order valence-electron chi connectivity index (χ0n) is 10.5. The van der Waals surface area contributed by atoms with Crippen molar-refractivity contribution in [3.05, 3.63) is 49.0 Å². The summed E-state index contributed by atoms with van der Waals surface area (Å²) in [6, 6.07) is 9.78. The molecule has 1 aliphatic heterocycles. The van der Waals surface area contributed by atoms with Gasteiger partial charge in [0.25, 0.3) is 5.91 Å². The summed E-state index contributed by atoms with van der Waals surface area (Å²) in [5, 5.41) is 0. The monoisotopic (exact) mass is 414 g/mol. The number of thiophene rings is 1. The maximum atomic E-state index is 12.8. The van der Waals surface area contributed by atoms with Crippen molar-refractivity contribution in [2.75, 3.05) is 11.4 Å². The molecule has 2 N–H and O–H groups in total. The van der Waals surface area contributed by atoms with Gasteiger partial charge in [-0.3, -0.25) is 4.79 Å². The minimum atomic E-state index is -0.0188. The molecule has 0 bridgehead atoms. The molecule has 1 unspecified atom stereocenters. The van der Waals surface area contributed by atoms with Crippen molar-refractivity contribution in [3.8, 4) is 0 Å². The van der Waals surface area contributed by atoms with E-state index in [9.17, 15) is 4.79 Å². The van der Waals surface area contributed by atoms with Gasteiger partial charge in [-0.1, -0.05) is 18.2 Å². The molecule has 0 radical (unpaired) electrons. The highest BCUT2D eigenvalue weighted by Crippen LogP contribution is 2.35. The number of benzene rings is 1. The van der Waals surface area contributed by atoms with Crippen molar-refractivity contribution in [3.63, 3.8) is 0 Å². The normalized spacial score (nSPS) is 17.9. The third-order valence-electron chi connectivity index (χ3n) is 3.31. The van der Waals surface area contributed by atoms with Crippen molar-refractivity contribution in [1.82, 2.24) is 0 Å². The van der Waals surface area contributed by atoms with E-state index in [-0.39, 0.29) is 11.9 Å². The van der Waals surface area contributed by atoms with Gasteiger partial charge in [-0.15, -0.1) is 11.3 Å². The highest BCUT2D eigenvalue weighted by atomic mass is 79.9. The smallest absolute Gasteiger partial charge is 0.260 e. The van der Waals surface area contributed by atoms with Crippen molar-refractivity contribution in [2.24, 2.45) is 5.73 Å². The number of halogens is 2. The number of rotatable bonds is 1. The number of amides is 1. The fourth-order valence-corrected chi connectivity index (χ4v) is 5.23. The van der Waals surface area contributed by atoms with E-state index in [2.05, 4.69) is 31.9 Å². The van der Waals surface area contributed by atoms with Crippen LogP contribution in [0, 0.1) is 0 Å². The van der Waals surface area contributed by atoms with Crippen LogP contribution in [0.4, 0.5) is 5.69 Å². The van der Waals surface area contributed by atoms with E-state index in [0.717, 1.165) is 25.2 Å². The van der Waals surface area contributed by atoms with Gasteiger partial charge in [0.05, 0.1) is 13.1 Å². The first kappa shape index (κ1) is 14.3. The molecule has 1 aromatic heterocycles. The minimum Gasteiger partial charge on any atom is -0.326 e. The second-order valence-electron chi connectivity index (χ2n) is 4.75. The lowest BCUT2D eigenvalue weighted by Gasteiger charge is -2.33. The van der Waals surface area contributed by atoms with Crippen LogP contribution in [0.5, 0.6) is 0 Å². The Kier molecular flexibility index (Phi) is 3.99. The molecule has 3 rings (SSSR count). The number of nitrogens with two attached hydrogens (primary N) is 1. The number of carbonyl (C=O) groups is 1. The molecular weight excluding hydrogens is 404 g/mol. The molecule has 20 heavy (non-hydrogen) atoms. The summed E-state index contributed by atoms with van der Waals surface area (Å²) in [5.41, 5.74) is 8.85. The molecule has 1 amide bonds. The summed E-state index contributed by atoms with van der Waals surface area (Å²) in [6.45, 7) is 0.551. The SMILES string of the molecule is NC1Cc2ccccc2N(C(=O)c2cc(Br)sc2Br)C1. The van der Waals surface area contributed by atoms with Crippen LogP contribution in [0.1, 0.15) is 15.9 Å². The van der Waals surface area contributed by atoms with Crippen molar-refractivity contribution in [2.45, 2.75) is 12.5 Å². The molecule has 2 heterocycles. The highest BCUT2D eigenvalue weighted by molar-refractivity contribution is 9.12. The summed E-state index contributed by atoms with van der Waals surface area (Å²) in [7, 11) is 0. The van der Waals surface area contributed by atoms with E-state index < -0.39 is 0 Å². The molecule has 0 spiro atoms. The Labute approximate surface area is 138 Å². The number of hydrogen-bond donors (Lipinski definition) is 1. The summed E-state index contributed by atoms with van der Waals surface area (Å²) in [5.74, 6) is -0.0126. The van der Waals surface area contributed by atoms with Crippen molar-refractivity contribution < 1.29 is 4.79 Å². The summed E-state index contributed by atoms with van der Waals surface area (Å²) < 4.78 is 1.77. The van der Waals surface area contributed by atoms with Gasteiger partial charge in [0.1, 0.15) is 0 Å². The lowest BCUT2D eigenvalue weighted by molar-refractivity contribution is 0.0983. The van der Waals surface area contributed by atoms with Crippen LogP contribution in [-0.4, -0.2) is 18.5 Å². The Morgan fingerprint density at radius 3 is 2.80 bits per heavy atom. The van der Waals surface area contributed by atoms with Crippen LogP contribution < -0.4 is 10.6 Å². The molecule has 0 aliphatic carbocycles. The summed E-state index contributed by atoms with van der Waals surface area (Å²) in [6.07, 6.45) is 0.814. The van der Waals surface area contributed by atoms with Gasteiger partial charge < -0.3 is 10.6 Å². The first-order valence-corrected chi connectivity index (χ1v) is 8.56. The van der Waals surface area contributed by atoms with Gasteiger partial charge in [0, 0.05) is 18.3 Å². The number of hydrogen-bond acceptors (Lipinski definition) is 3. The van der Waals surface area contributed by atoms with Crippen LogP contribution in [0.25, 0.3) is 0 Å². The van der Waals surface area contributed by atoms with Crippen molar-refractivity contribution in [1.29, 1.82) is 0 Å². The molecule has 0 fully saturated rings. The van der Waals surface area contributed by atoms with E-state index >= 15 is 0 Å². The predicted molar refractivity (Wildman–Crippen MR) is 89.5 cm³/mol. The second kappa shape index (κ2) is 5.60. The molecule has 1 aliphatic rings. The Balaban J connectivity index is 2.02. The molecule has 6 heteroatoms. The number of anilines is 1. The van der Waals surface area contributed by atoms with E-state index in [1.165, 1.54) is 11.3 Å². The predicted octanol–water partition coefficient (Wildman–Crippen LogP) is 3.80. The van der Waals surface area contributed by atoms with E-state index in [1.54, 1.807) is 4.90 Å². The van der Waals surface area contributed by atoms with Gasteiger partial charge >= 0.3 is 0 Å². The van der Waals surface area contributed by atoms with Gasteiger partial charge in [0.2, 0.25) is 0 Å². The molecule has 1 atom stereocenters. The number of carbonyl (C=O) groups excluding carboxylic acids is 1. The number of para-hydroxylation sites is 1. The van der Waals surface area contributed by atoms with Crippen LogP contribution in [0.3, 0.4) is 0 Å². The standard InChI is InChI=1S/C14H12Br2N2OS/c15-12-6-10(13(16)20-12)14(19)18-7-9(17)5-8-3-1-2-4-11(8)18/h1-4,6,9H,5,7,17H2. The lowest BCUT2D eigenvalue weighted by Crippen LogP contribution is -2.46. The van der Waals surface area contributed by atoms with Crippen LogP contribution in [0.15, 0.2) is 37.9 Å². The Morgan fingerprint density at radius 1 is 1.35 bits per heavy atom. The fourth-order valence-electron chi connectivity index (χ4n) is 2.45. The highest BCUT2D eigenvalue weighted by Gasteiger charge is 2.28. The summed E-state index contributed by atoms with van der Waals surface area (Å²) >= 11 is 8.36. The average molecular weight is 416 g/mol. The quantitative estimate of drug-likeness (QED) is 0.769. The second-order valence-corrected chi connectivity index (χ2v) is 8.50. The molecule has 1 aromatic carbocycles. The van der Waals surface area contributed by atoms with Gasteiger partial charge in [-0.2, -0.15) is 0 Å². The topological polar surface area (TPSA) is 46.3 Å². The molecule has 104 valence electrons. The Hall–Kier alpha value is -0.690. The van der Waals surface area contributed by atoms with Crippen LogP contribution in [-0.2, 0) is 6.42 Å². The molecule has 3 nitrogen and oxygen atoms in total. The van der Waals surface area contributed by atoms with Gasteiger partial charge in [-0.25, -0.2) is 0 Å². The number of fused-ring (bicyclic) bond motifs is 1. The molecular formula is C14H12Br2N2OS. The molecule has 2 aromatic rings. The Morgan fingerprint density at radius 2 is 2.10 bits per heavy atom. The number of nitrogens with zero attached hydrogens (tertiary/aromatic N) is 1. The molecule has 0 saturated heterocycles. The largest absolute Gasteiger partial charge is 0.326 e. The zero-order valence-corrected chi connectivity index (χ0v) is 14.5.